The molecular formula is C24H25F3N2O6. The standard InChI is InChI=1S/C24H25F3N2O6/c1-5-34-22(30)20-18(13-35-16-8-6-7-14(11-16)24(25,26)27)29(2)23(31)28-21(20)17-12-15(32-3)9-10-19(17)33-4/h6-12,21H,5,13H2,1-4H3,(H,28,31)/t21-/m0/s1. The summed E-state index contributed by atoms with van der Waals surface area (Å²) in [6.45, 7) is 1.31. The fraction of sp³-hybridized carbons (Fsp3) is 0.333. The van der Waals surface area contributed by atoms with Crippen molar-refractivity contribution in [2.75, 3.05) is 34.5 Å². The summed E-state index contributed by atoms with van der Waals surface area (Å²) in [4.78, 5) is 27.0. The molecule has 0 radical (unpaired) electrons. The number of carbonyl (C=O) groups excluding carboxylic acids is 2. The van der Waals surface area contributed by atoms with Crippen molar-refractivity contribution < 1.29 is 41.7 Å². The van der Waals surface area contributed by atoms with Gasteiger partial charge in [0.25, 0.3) is 0 Å². The highest BCUT2D eigenvalue weighted by Gasteiger charge is 2.38. The largest absolute Gasteiger partial charge is 0.497 e. The van der Waals surface area contributed by atoms with Crippen molar-refractivity contribution >= 4 is 12.0 Å². The number of hydrogen-bond acceptors (Lipinski definition) is 6. The first kappa shape index (κ1) is 25.7. The number of esters is 1. The van der Waals surface area contributed by atoms with Crippen LogP contribution in [0.3, 0.4) is 0 Å². The average Bonchev–Trinajstić information content (AvgIpc) is 2.83. The molecule has 2 amide bonds. The number of carbonyl (C=O) groups is 2. The lowest BCUT2D eigenvalue weighted by Crippen LogP contribution is -2.48. The number of rotatable bonds is 8. The van der Waals surface area contributed by atoms with Crippen molar-refractivity contribution in [3.05, 3.63) is 64.9 Å². The number of urea groups is 1. The predicted molar refractivity (Wildman–Crippen MR) is 119 cm³/mol. The van der Waals surface area contributed by atoms with E-state index < -0.39 is 29.8 Å². The van der Waals surface area contributed by atoms with E-state index in [9.17, 15) is 22.8 Å². The molecule has 1 aliphatic heterocycles. The highest BCUT2D eigenvalue weighted by atomic mass is 19.4. The number of amides is 2. The van der Waals surface area contributed by atoms with Gasteiger partial charge in [-0.15, -0.1) is 0 Å². The molecule has 188 valence electrons. The highest BCUT2D eigenvalue weighted by Crippen LogP contribution is 2.38. The number of alkyl halides is 3. The normalized spacial score (nSPS) is 16.0. The van der Waals surface area contributed by atoms with Crippen LogP contribution in [0.5, 0.6) is 17.2 Å². The lowest BCUT2D eigenvalue weighted by Gasteiger charge is -2.35. The average molecular weight is 494 g/mol. The first-order valence-electron chi connectivity index (χ1n) is 10.6. The number of likely N-dealkylation sites (N-methyl/N-ethyl adjacent to an activating group) is 1. The number of hydrogen-bond donors (Lipinski definition) is 1. The summed E-state index contributed by atoms with van der Waals surface area (Å²) >= 11 is 0. The molecule has 0 aromatic heterocycles. The fourth-order valence-corrected chi connectivity index (χ4v) is 3.59. The van der Waals surface area contributed by atoms with Crippen molar-refractivity contribution in [3.63, 3.8) is 0 Å². The second-order valence-corrected chi connectivity index (χ2v) is 7.44. The molecule has 2 aromatic carbocycles. The summed E-state index contributed by atoms with van der Waals surface area (Å²) in [5.74, 6) is 0.0295. The van der Waals surface area contributed by atoms with Crippen molar-refractivity contribution in [2.24, 2.45) is 0 Å². The van der Waals surface area contributed by atoms with Crippen LogP contribution < -0.4 is 19.5 Å². The molecule has 3 rings (SSSR count). The topological polar surface area (TPSA) is 86.3 Å². The maximum atomic E-state index is 13.1. The lowest BCUT2D eigenvalue weighted by atomic mass is 9.93. The first-order chi connectivity index (χ1) is 16.6. The molecule has 0 saturated carbocycles. The van der Waals surface area contributed by atoms with E-state index in [1.165, 1.54) is 33.4 Å². The van der Waals surface area contributed by atoms with Crippen molar-refractivity contribution in [2.45, 2.75) is 19.1 Å². The molecular weight excluding hydrogens is 469 g/mol. The molecule has 1 heterocycles. The Bertz CT molecular complexity index is 1130. The van der Waals surface area contributed by atoms with Gasteiger partial charge in [0.15, 0.2) is 0 Å². The fourth-order valence-electron chi connectivity index (χ4n) is 3.59. The first-order valence-corrected chi connectivity index (χ1v) is 10.6. The molecule has 0 fully saturated rings. The van der Waals surface area contributed by atoms with Crippen LogP contribution >= 0.6 is 0 Å². The smallest absolute Gasteiger partial charge is 0.416 e. The molecule has 0 saturated heterocycles. The third-order valence-electron chi connectivity index (χ3n) is 5.36. The van der Waals surface area contributed by atoms with Gasteiger partial charge in [-0.3, -0.25) is 4.90 Å². The highest BCUT2D eigenvalue weighted by molar-refractivity contribution is 5.95. The van der Waals surface area contributed by atoms with E-state index in [2.05, 4.69) is 5.32 Å². The summed E-state index contributed by atoms with van der Waals surface area (Å²) < 4.78 is 60.8. The summed E-state index contributed by atoms with van der Waals surface area (Å²) in [7, 11) is 4.32. The van der Waals surface area contributed by atoms with Gasteiger partial charge in [-0.25, -0.2) is 9.59 Å². The molecule has 8 nitrogen and oxygen atoms in total. The van der Waals surface area contributed by atoms with Crippen LogP contribution in [0.2, 0.25) is 0 Å². The number of ether oxygens (including phenoxy) is 4. The maximum absolute atomic E-state index is 13.1. The van der Waals surface area contributed by atoms with E-state index in [0.29, 0.717) is 17.1 Å². The van der Waals surface area contributed by atoms with Gasteiger partial charge in [0.2, 0.25) is 0 Å². The number of methoxy groups -OCH3 is 2. The summed E-state index contributed by atoms with van der Waals surface area (Å²) in [6, 6.07) is 7.66. The quantitative estimate of drug-likeness (QED) is 0.551. The van der Waals surface area contributed by atoms with Gasteiger partial charge in [0, 0.05) is 12.6 Å². The zero-order valence-electron chi connectivity index (χ0n) is 19.6. The van der Waals surface area contributed by atoms with Gasteiger partial charge in [0.1, 0.15) is 23.9 Å². The van der Waals surface area contributed by atoms with Gasteiger partial charge in [-0.2, -0.15) is 13.2 Å². The molecule has 2 aromatic rings. The summed E-state index contributed by atoms with van der Waals surface area (Å²) in [5.41, 5.74) is -0.289. The maximum Gasteiger partial charge on any atom is 0.416 e. The Labute approximate surface area is 200 Å². The zero-order valence-corrected chi connectivity index (χ0v) is 19.6. The Hall–Kier alpha value is -3.89. The minimum absolute atomic E-state index is 0.0486. The molecule has 11 heteroatoms. The molecule has 0 spiro atoms. The number of halogens is 3. The molecule has 35 heavy (non-hydrogen) atoms. The summed E-state index contributed by atoms with van der Waals surface area (Å²) in [5, 5.41) is 2.74. The van der Waals surface area contributed by atoms with E-state index in [4.69, 9.17) is 18.9 Å². The van der Waals surface area contributed by atoms with E-state index in [1.54, 1.807) is 25.1 Å². The number of nitrogens with one attached hydrogen (secondary N) is 1. The van der Waals surface area contributed by atoms with Gasteiger partial charge in [0.05, 0.1) is 43.7 Å². The van der Waals surface area contributed by atoms with Gasteiger partial charge in [-0.05, 0) is 43.3 Å². The Morgan fingerprint density at radius 2 is 1.83 bits per heavy atom. The SMILES string of the molecule is CCOC(=O)C1=C(COc2cccc(C(F)(F)F)c2)N(C)C(=O)N[C@H]1c1cc(OC)ccc1OC. The summed E-state index contributed by atoms with van der Waals surface area (Å²) in [6.07, 6.45) is -4.55. The van der Waals surface area contributed by atoms with Crippen LogP contribution in [0, 0.1) is 0 Å². The second-order valence-electron chi connectivity index (χ2n) is 7.44. The third kappa shape index (κ3) is 5.61. The Morgan fingerprint density at radius 1 is 1.09 bits per heavy atom. The number of benzene rings is 2. The van der Waals surface area contributed by atoms with Crippen molar-refractivity contribution in [3.8, 4) is 17.2 Å². The van der Waals surface area contributed by atoms with Crippen LogP contribution in [0.25, 0.3) is 0 Å². The van der Waals surface area contributed by atoms with Crippen LogP contribution in [0.15, 0.2) is 53.7 Å². The predicted octanol–water partition coefficient (Wildman–Crippen LogP) is 4.31. The van der Waals surface area contributed by atoms with Gasteiger partial charge >= 0.3 is 18.2 Å². The third-order valence-corrected chi connectivity index (χ3v) is 5.36. The molecule has 1 aliphatic rings. The Kier molecular flexibility index (Phi) is 7.78. The van der Waals surface area contributed by atoms with E-state index in [0.717, 1.165) is 17.0 Å². The van der Waals surface area contributed by atoms with Crippen LogP contribution in [-0.2, 0) is 15.7 Å². The van der Waals surface area contributed by atoms with Crippen molar-refractivity contribution in [1.29, 1.82) is 0 Å². The van der Waals surface area contributed by atoms with Gasteiger partial charge < -0.3 is 24.3 Å². The number of nitrogens with zero attached hydrogens (tertiary/aromatic N) is 1. The monoisotopic (exact) mass is 494 g/mol. The van der Waals surface area contributed by atoms with E-state index in [1.807, 2.05) is 0 Å². The van der Waals surface area contributed by atoms with Crippen LogP contribution in [-0.4, -0.2) is 51.4 Å². The Balaban J connectivity index is 2.09. The second kappa shape index (κ2) is 10.6. The van der Waals surface area contributed by atoms with Crippen molar-refractivity contribution in [1.82, 2.24) is 10.2 Å². The Morgan fingerprint density at radius 3 is 2.46 bits per heavy atom. The van der Waals surface area contributed by atoms with E-state index >= 15 is 0 Å². The minimum atomic E-state index is -4.55. The zero-order chi connectivity index (χ0) is 25.8. The minimum Gasteiger partial charge on any atom is -0.497 e. The molecule has 0 aliphatic carbocycles. The van der Waals surface area contributed by atoms with Crippen LogP contribution in [0.1, 0.15) is 24.1 Å². The molecule has 1 atom stereocenters. The molecule has 1 N–H and O–H groups in total. The van der Waals surface area contributed by atoms with Crippen LogP contribution in [0.4, 0.5) is 18.0 Å². The lowest BCUT2D eigenvalue weighted by molar-refractivity contribution is -0.139. The molecule has 0 bridgehead atoms. The van der Waals surface area contributed by atoms with Gasteiger partial charge in [-0.1, -0.05) is 6.07 Å². The molecule has 0 unspecified atom stereocenters. The van der Waals surface area contributed by atoms with E-state index in [-0.39, 0.29) is 30.2 Å².